The predicted octanol–water partition coefficient (Wildman–Crippen LogP) is 25.6. The number of carbonyl (C=O) groups is 4. The van der Waals surface area contributed by atoms with E-state index in [1.54, 1.807) is 0 Å². The van der Waals surface area contributed by atoms with Crippen molar-refractivity contribution in [3.8, 4) is 0 Å². The van der Waals surface area contributed by atoms with E-state index >= 15 is 0 Å². The molecule has 17 nitrogen and oxygen atoms in total. The van der Waals surface area contributed by atoms with Crippen LogP contribution in [0.25, 0.3) is 0 Å². The number of unbranched alkanes of at least 4 members (excludes halogenated alkanes) is 48. The number of esters is 4. The van der Waals surface area contributed by atoms with Crippen LogP contribution in [0.1, 0.15) is 441 Å². The van der Waals surface area contributed by atoms with Gasteiger partial charge in [-0.2, -0.15) is 0 Å². The van der Waals surface area contributed by atoms with Gasteiger partial charge in [0.2, 0.25) is 0 Å². The lowest BCUT2D eigenvalue weighted by atomic mass is 10.0. The van der Waals surface area contributed by atoms with Gasteiger partial charge >= 0.3 is 39.5 Å². The minimum Gasteiger partial charge on any atom is -0.462 e. The molecule has 0 bridgehead atoms. The molecule has 0 aromatic carbocycles. The number of hydrogen-bond donors (Lipinski definition) is 3. The van der Waals surface area contributed by atoms with Crippen LogP contribution in [0, 0.1) is 23.7 Å². The van der Waals surface area contributed by atoms with Crippen molar-refractivity contribution in [2.75, 3.05) is 39.6 Å². The molecule has 0 aliphatic rings. The maximum Gasteiger partial charge on any atom is 0.472 e. The molecule has 3 N–H and O–H groups in total. The summed E-state index contributed by atoms with van der Waals surface area (Å²) in [6.07, 6.45) is 62.5. The monoisotopic (exact) mass is 1520 g/mol. The van der Waals surface area contributed by atoms with Gasteiger partial charge < -0.3 is 33.8 Å². The number of carbonyl (C=O) groups excluding carboxylic acids is 4. The summed E-state index contributed by atoms with van der Waals surface area (Å²) in [7, 11) is -9.93. The van der Waals surface area contributed by atoms with Crippen LogP contribution in [0.5, 0.6) is 0 Å². The van der Waals surface area contributed by atoms with E-state index in [-0.39, 0.29) is 25.7 Å². The van der Waals surface area contributed by atoms with Crippen LogP contribution < -0.4 is 0 Å². The summed E-state index contributed by atoms with van der Waals surface area (Å²) in [6.45, 7) is 14.3. The van der Waals surface area contributed by atoms with Gasteiger partial charge in [-0.15, -0.1) is 0 Å². The van der Waals surface area contributed by atoms with Crippen LogP contribution >= 0.6 is 15.6 Å². The molecule has 618 valence electrons. The fourth-order valence-electron chi connectivity index (χ4n) is 13.1. The molecule has 19 heteroatoms. The fraction of sp³-hybridized carbons (Fsp3) is 0.953. The van der Waals surface area contributed by atoms with Crippen LogP contribution in [0.3, 0.4) is 0 Å². The number of aliphatic hydroxyl groups excluding tert-OH is 1. The number of ether oxygens (including phenoxy) is 4. The number of aliphatic hydroxyl groups is 1. The Morgan fingerprint density at radius 2 is 0.404 bits per heavy atom. The minimum atomic E-state index is -4.97. The number of hydrogen-bond acceptors (Lipinski definition) is 15. The van der Waals surface area contributed by atoms with Gasteiger partial charge in [-0.3, -0.25) is 37.3 Å². The third-order valence-corrected chi connectivity index (χ3v) is 21.7. The van der Waals surface area contributed by atoms with Gasteiger partial charge in [-0.05, 0) is 49.4 Å². The lowest BCUT2D eigenvalue weighted by Gasteiger charge is -2.21. The van der Waals surface area contributed by atoms with Crippen molar-refractivity contribution in [3.05, 3.63) is 0 Å². The molecule has 0 heterocycles. The Balaban J connectivity index is 5.23. The second kappa shape index (κ2) is 73.8. The molecule has 5 atom stereocenters. The van der Waals surface area contributed by atoms with Crippen LogP contribution in [0.4, 0.5) is 0 Å². The summed E-state index contributed by atoms with van der Waals surface area (Å²) in [5.74, 6) is 1.01. The van der Waals surface area contributed by atoms with E-state index < -0.39 is 97.5 Å². The van der Waals surface area contributed by atoms with Gasteiger partial charge in [0.1, 0.15) is 19.3 Å². The largest absolute Gasteiger partial charge is 0.472 e. The van der Waals surface area contributed by atoms with Crippen molar-refractivity contribution in [1.29, 1.82) is 0 Å². The van der Waals surface area contributed by atoms with Crippen LogP contribution in [0.15, 0.2) is 0 Å². The number of phosphoric acid groups is 2. The standard InChI is InChI=1S/C85H166O17P2/c1-75(2)61-53-45-37-30-24-18-12-9-10-14-21-27-33-41-49-57-65-82(87)95-71-80(101-84(89)68-60-52-43-35-29-23-17-16-20-26-32-39-47-55-63-77(5)6)73-99-103(91,92)97-69-79(86)70-98-104(93,94)100-74-81(72-96-83(88)66-58-50-44-36-40-48-56-64-78(7)8)102-85(90)67-59-51-42-34-28-22-15-11-13-19-25-31-38-46-54-62-76(3)4/h75-81,86H,9-74H2,1-8H3,(H,91,92)(H,93,94)/t79?,80-,81-/m1/s1. The second-order valence-electron chi connectivity index (χ2n) is 32.5. The summed E-state index contributed by atoms with van der Waals surface area (Å²) in [4.78, 5) is 73.2. The smallest absolute Gasteiger partial charge is 0.462 e. The lowest BCUT2D eigenvalue weighted by molar-refractivity contribution is -0.161. The zero-order valence-electron chi connectivity index (χ0n) is 68.7. The zero-order valence-corrected chi connectivity index (χ0v) is 70.5. The molecule has 0 radical (unpaired) electrons. The summed E-state index contributed by atoms with van der Waals surface area (Å²) in [6, 6.07) is 0. The van der Waals surface area contributed by atoms with Crippen molar-refractivity contribution in [2.24, 2.45) is 23.7 Å². The molecule has 0 aliphatic heterocycles. The van der Waals surface area contributed by atoms with Gasteiger partial charge in [0.05, 0.1) is 26.4 Å². The first-order valence-corrected chi connectivity index (χ1v) is 46.7. The van der Waals surface area contributed by atoms with Gasteiger partial charge in [0, 0.05) is 25.7 Å². The molecule has 0 amide bonds. The molecular weight excluding hydrogens is 1350 g/mol. The highest BCUT2D eigenvalue weighted by Crippen LogP contribution is 2.45. The molecule has 0 aromatic rings. The molecule has 0 saturated heterocycles. The molecule has 0 spiro atoms. The number of rotatable bonds is 82. The van der Waals surface area contributed by atoms with Gasteiger partial charge in [-0.25, -0.2) is 9.13 Å². The Morgan fingerprint density at radius 3 is 0.596 bits per heavy atom. The lowest BCUT2D eigenvalue weighted by Crippen LogP contribution is -2.30. The first-order chi connectivity index (χ1) is 50.1. The Morgan fingerprint density at radius 1 is 0.240 bits per heavy atom. The summed E-state index contributed by atoms with van der Waals surface area (Å²) < 4.78 is 68.9. The summed E-state index contributed by atoms with van der Waals surface area (Å²) >= 11 is 0. The fourth-order valence-corrected chi connectivity index (χ4v) is 14.7. The molecular formula is C85H166O17P2. The Hall–Kier alpha value is -1.94. The minimum absolute atomic E-state index is 0.107. The third-order valence-electron chi connectivity index (χ3n) is 19.8. The van der Waals surface area contributed by atoms with E-state index in [1.165, 1.54) is 238 Å². The first kappa shape index (κ1) is 102. The van der Waals surface area contributed by atoms with Crippen LogP contribution in [-0.4, -0.2) is 96.7 Å². The average Bonchev–Trinajstić information content (AvgIpc) is 0.909. The summed E-state index contributed by atoms with van der Waals surface area (Å²) in [5, 5.41) is 10.7. The Labute approximate surface area is 638 Å². The molecule has 0 rings (SSSR count). The third kappa shape index (κ3) is 78.2. The molecule has 104 heavy (non-hydrogen) atoms. The molecule has 0 fully saturated rings. The molecule has 0 saturated carbocycles. The second-order valence-corrected chi connectivity index (χ2v) is 35.4. The van der Waals surface area contributed by atoms with Crippen molar-refractivity contribution >= 4 is 39.5 Å². The van der Waals surface area contributed by atoms with Gasteiger partial charge in [-0.1, -0.05) is 389 Å². The predicted molar refractivity (Wildman–Crippen MR) is 428 cm³/mol. The maximum absolute atomic E-state index is 13.1. The Bertz CT molecular complexity index is 2020. The normalized spacial score (nSPS) is 14.0. The van der Waals surface area contributed by atoms with Crippen molar-refractivity contribution < 1.29 is 80.2 Å². The van der Waals surface area contributed by atoms with E-state index in [0.717, 1.165) is 114 Å². The van der Waals surface area contributed by atoms with Crippen LogP contribution in [0.2, 0.25) is 0 Å². The molecule has 0 aromatic heterocycles. The highest BCUT2D eigenvalue weighted by Gasteiger charge is 2.30. The topological polar surface area (TPSA) is 237 Å². The van der Waals surface area contributed by atoms with Gasteiger partial charge in [0.25, 0.3) is 0 Å². The molecule has 3 unspecified atom stereocenters. The van der Waals surface area contributed by atoms with Crippen molar-refractivity contribution in [2.45, 2.75) is 459 Å². The Kier molecular flexibility index (Phi) is 72.5. The average molecular weight is 1520 g/mol. The highest BCUT2D eigenvalue weighted by molar-refractivity contribution is 7.47. The first-order valence-electron chi connectivity index (χ1n) is 43.7. The van der Waals surface area contributed by atoms with E-state index in [2.05, 4.69) is 55.4 Å². The zero-order chi connectivity index (χ0) is 76.7. The van der Waals surface area contributed by atoms with E-state index in [4.69, 9.17) is 37.0 Å². The van der Waals surface area contributed by atoms with E-state index in [0.29, 0.717) is 31.6 Å². The van der Waals surface area contributed by atoms with Gasteiger partial charge in [0.15, 0.2) is 12.2 Å². The molecule has 0 aliphatic carbocycles. The number of phosphoric ester groups is 2. The van der Waals surface area contributed by atoms with Crippen LogP contribution in [-0.2, 0) is 65.4 Å². The van der Waals surface area contributed by atoms with Crippen molar-refractivity contribution in [1.82, 2.24) is 0 Å². The van der Waals surface area contributed by atoms with E-state index in [1.807, 2.05) is 0 Å². The highest BCUT2D eigenvalue weighted by atomic mass is 31.2. The van der Waals surface area contributed by atoms with E-state index in [9.17, 15) is 43.2 Å². The van der Waals surface area contributed by atoms with Crippen molar-refractivity contribution in [3.63, 3.8) is 0 Å². The quantitative estimate of drug-likeness (QED) is 0.0222. The maximum atomic E-state index is 13.1. The SMILES string of the molecule is CC(C)CCCCCCCCCCCCCCCCCCC(=O)OC[C@H](COP(=O)(O)OCC(O)COP(=O)(O)OC[C@@H](COC(=O)CCCCCCCCCC(C)C)OC(=O)CCCCCCCCCCCCCCCCCC(C)C)OC(=O)CCCCCCCCCCCCCCCCC(C)C. The summed E-state index contributed by atoms with van der Waals surface area (Å²) in [5.41, 5.74) is 0.